The van der Waals surface area contributed by atoms with E-state index in [0.717, 1.165) is 0 Å². The van der Waals surface area contributed by atoms with Crippen LogP contribution in [0.25, 0.3) is 0 Å². The highest BCUT2D eigenvalue weighted by Gasteiger charge is 2.50. The van der Waals surface area contributed by atoms with E-state index in [1.807, 2.05) is 20.8 Å². The van der Waals surface area contributed by atoms with Gasteiger partial charge >= 0.3 is 6.09 Å². The quantitative estimate of drug-likeness (QED) is 0.847. The average Bonchev–Trinajstić information content (AvgIpc) is 2.38. The lowest BCUT2D eigenvalue weighted by atomic mass is 9.95. The lowest BCUT2D eigenvalue weighted by Gasteiger charge is -2.47. The number of piperidine rings is 1. The maximum Gasteiger partial charge on any atom is 0.513 e. The summed E-state index contributed by atoms with van der Waals surface area (Å²) in [6.07, 6.45) is 0.464. The lowest BCUT2D eigenvalue weighted by molar-refractivity contribution is -0.908. The van der Waals surface area contributed by atoms with Gasteiger partial charge in [-0.15, -0.1) is 0 Å². The summed E-state index contributed by atoms with van der Waals surface area (Å²) in [5.41, 5.74) is -0.352. The van der Waals surface area contributed by atoms with E-state index in [-0.39, 0.29) is 21.9 Å². The van der Waals surface area contributed by atoms with Gasteiger partial charge in [-0.2, -0.15) is 4.79 Å². The molecule has 116 valence electrons. The minimum Gasteiger partial charge on any atom is -0.490 e. The van der Waals surface area contributed by atoms with E-state index in [1.165, 1.54) is 12.1 Å². The zero-order valence-electron chi connectivity index (χ0n) is 12.8. The summed E-state index contributed by atoms with van der Waals surface area (Å²) in [5.74, 6) is 0.180. The molecule has 0 radical (unpaired) electrons. The van der Waals surface area contributed by atoms with Crippen LogP contribution in [0.1, 0.15) is 33.6 Å². The van der Waals surface area contributed by atoms with Gasteiger partial charge in [0, 0.05) is 18.9 Å². The first kappa shape index (κ1) is 15.8. The van der Waals surface area contributed by atoms with E-state index in [1.54, 1.807) is 12.1 Å². The number of rotatable bonds is 2. The van der Waals surface area contributed by atoms with Crippen molar-refractivity contribution in [2.45, 2.75) is 45.3 Å². The zero-order valence-corrected chi connectivity index (χ0v) is 12.8. The van der Waals surface area contributed by atoms with E-state index in [2.05, 4.69) is 0 Å². The summed E-state index contributed by atoms with van der Waals surface area (Å²) < 4.78 is 19.0. The molecule has 1 amide bonds. The number of hydrogen-bond donors (Lipinski definition) is 1. The molecule has 1 N–H and O–H groups in total. The van der Waals surface area contributed by atoms with Crippen LogP contribution < -0.4 is 4.74 Å². The highest BCUT2D eigenvalue weighted by atomic mass is 19.1. The minimum atomic E-state index is -0.785. The van der Waals surface area contributed by atoms with Gasteiger partial charge in [0.15, 0.2) is 0 Å². The van der Waals surface area contributed by atoms with E-state index >= 15 is 0 Å². The van der Waals surface area contributed by atoms with Crippen molar-refractivity contribution in [3.05, 3.63) is 30.1 Å². The van der Waals surface area contributed by atoms with E-state index < -0.39 is 6.09 Å². The second-order valence-electron chi connectivity index (χ2n) is 6.64. The zero-order chi connectivity index (χ0) is 15.7. The van der Waals surface area contributed by atoms with Crippen LogP contribution in [0.4, 0.5) is 9.18 Å². The van der Waals surface area contributed by atoms with Crippen LogP contribution in [-0.2, 0) is 0 Å². The highest BCUT2D eigenvalue weighted by molar-refractivity contribution is 5.57. The second kappa shape index (κ2) is 5.64. The molecule has 0 aromatic heterocycles. The van der Waals surface area contributed by atoms with E-state index in [4.69, 9.17) is 4.74 Å². The Morgan fingerprint density at radius 1 is 1.33 bits per heavy atom. The molecule has 0 atom stereocenters. The Morgan fingerprint density at radius 2 is 1.95 bits per heavy atom. The molecule has 0 aliphatic carbocycles. The molecule has 0 saturated carbocycles. The molecule has 1 fully saturated rings. The molecule has 21 heavy (non-hydrogen) atoms. The van der Waals surface area contributed by atoms with Crippen LogP contribution >= 0.6 is 0 Å². The third-order valence-electron chi connectivity index (χ3n) is 4.41. The number of ether oxygens (including phenoxy) is 1. The molecule has 1 aromatic carbocycles. The van der Waals surface area contributed by atoms with Crippen LogP contribution in [0.5, 0.6) is 5.75 Å². The van der Waals surface area contributed by atoms with Crippen LogP contribution in [0.2, 0.25) is 0 Å². The van der Waals surface area contributed by atoms with Gasteiger partial charge in [-0.05, 0) is 32.9 Å². The van der Waals surface area contributed by atoms with E-state index in [9.17, 15) is 14.3 Å². The van der Waals surface area contributed by atoms with Crippen molar-refractivity contribution in [3.63, 3.8) is 0 Å². The van der Waals surface area contributed by atoms with Crippen LogP contribution in [-0.4, -0.2) is 40.4 Å². The molecule has 5 heteroatoms. The average molecular weight is 296 g/mol. The number of halogens is 1. The maximum absolute atomic E-state index is 13.1. The third-order valence-corrected chi connectivity index (χ3v) is 4.41. The van der Waals surface area contributed by atoms with Crippen molar-refractivity contribution in [3.8, 4) is 5.75 Å². The van der Waals surface area contributed by atoms with Crippen molar-refractivity contribution in [1.82, 2.24) is 0 Å². The largest absolute Gasteiger partial charge is 0.513 e. The Morgan fingerprint density at radius 3 is 2.43 bits per heavy atom. The molecular weight excluding hydrogens is 273 g/mol. The SMILES string of the molecule is CC(C)(C)[N+]1(C(=O)O)CCC(Oc2cccc(F)c2)CC1. The Labute approximate surface area is 124 Å². The Bertz CT molecular complexity index is 516. The number of nitrogens with zero attached hydrogens (tertiary/aromatic N) is 1. The monoisotopic (exact) mass is 296 g/mol. The fourth-order valence-corrected chi connectivity index (χ4v) is 2.98. The van der Waals surface area contributed by atoms with Crippen LogP contribution in [0, 0.1) is 5.82 Å². The molecule has 1 aromatic rings. The summed E-state index contributed by atoms with van der Waals surface area (Å²) >= 11 is 0. The fourth-order valence-electron chi connectivity index (χ4n) is 2.98. The van der Waals surface area contributed by atoms with Gasteiger partial charge in [0.1, 0.15) is 23.2 Å². The number of amides is 1. The summed E-state index contributed by atoms with van der Waals surface area (Å²) in [7, 11) is 0. The molecule has 1 aliphatic heterocycles. The summed E-state index contributed by atoms with van der Waals surface area (Å²) in [4.78, 5) is 11.7. The molecule has 2 rings (SSSR count). The number of carboxylic acid groups (broad SMARTS) is 1. The van der Waals surface area contributed by atoms with Gasteiger partial charge < -0.3 is 9.84 Å². The van der Waals surface area contributed by atoms with Gasteiger partial charge in [-0.1, -0.05) is 6.07 Å². The number of carbonyl (C=O) groups is 1. The third kappa shape index (κ3) is 3.18. The number of quaternary nitrogens is 1. The van der Waals surface area contributed by atoms with Gasteiger partial charge in [0.05, 0.1) is 13.1 Å². The van der Waals surface area contributed by atoms with Crippen LogP contribution in [0.3, 0.4) is 0 Å². The molecule has 1 heterocycles. The summed E-state index contributed by atoms with van der Waals surface area (Å²) in [6.45, 7) is 6.91. The first-order chi connectivity index (χ1) is 9.74. The Hall–Kier alpha value is -1.62. The number of likely N-dealkylation sites (tertiary alicyclic amines) is 1. The molecular formula is C16H23FNO3+. The molecule has 0 unspecified atom stereocenters. The topological polar surface area (TPSA) is 46.5 Å². The van der Waals surface area contributed by atoms with Gasteiger partial charge in [-0.25, -0.2) is 8.87 Å². The van der Waals surface area contributed by atoms with Crippen molar-refractivity contribution in [1.29, 1.82) is 0 Å². The van der Waals surface area contributed by atoms with Crippen molar-refractivity contribution in [2.24, 2.45) is 0 Å². The second-order valence-corrected chi connectivity index (χ2v) is 6.64. The van der Waals surface area contributed by atoms with E-state index in [0.29, 0.717) is 31.7 Å². The van der Waals surface area contributed by atoms with Crippen molar-refractivity contribution in [2.75, 3.05) is 13.1 Å². The minimum absolute atomic E-state index is 0.0516. The Kier molecular flexibility index (Phi) is 4.23. The molecule has 4 nitrogen and oxygen atoms in total. The first-order valence-electron chi connectivity index (χ1n) is 7.27. The maximum atomic E-state index is 13.1. The number of benzene rings is 1. The fraction of sp³-hybridized carbons (Fsp3) is 0.562. The summed E-state index contributed by atoms with van der Waals surface area (Å²) in [5, 5.41) is 9.62. The molecule has 0 spiro atoms. The standard InChI is InChI=1S/C16H22FNO3/c1-16(2,3)18(15(19)20)9-7-13(8-10-18)21-14-6-4-5-12(17)11-14/h4-6,11,13H,7-10H2,1-3H3/p+1. The predicted octanol–water partition coefficient (Wildman–Crippen LogP) is 3.66. The molecule has 0 bridgehead atoms. The first-order valence-corrected chi connectivity index (χ1v) is 7.27. The van der Waals surface area contributed by atoms with Gasteiger partial charge in [0.2, 0.25) is 0 Å². The molecule has 1 aliphatic rings. The number of hydrogen-bond acceptors (Lipinski definition) is 2. The predicted molar refractivity (Wildman–Crippen MR) is 77.8 cm³/mol. The van der Waals surface area contributed by atoms with Crippen LogP contribution in [0.15, 0.2) is 24.3 Å². The van der Waals surface area contributed by atoms with Gasteiger partial charge in [0.25, 0.3) is 0 Å². The van der Waals surface area contributed by atoms with Crippen molar-refractivity contribution < 1.29 is 23.5 Å². The Balaban J connectivity index is 2.04. The normalized spacial score (nSPS) is 26.4. The highest BCUT2D eigenvalue weighted by Crippen LogP contribution is 2.32. The smallest absolute Gasteiger partial charge is 0.490 e. The van der Waals surface area contributed by atoms with Crippen molar-refractivity contribution >= 4 is 6.09 Å². The molecule has 1 saturated heterocycles. The van der Waals surface area contributed by atoms with Gasteiger partial charge in [-0.3, -0.25) is 0 Å². The lowest BCUT2D eigenvalue weighted by Crippen LogP contribution is -2.66. The summed E-state index contributed by atoms with van der Waals surface area (Å²) in [6, 6.07) is 6.07.